The molecule has 1 aromatic carbocycles. The molecule has 3 aromatic rings. The van der Waals surface area contributed by atoms with Gasteiger partial charge >= 0.3 is 0 Å². The minimum absolute atomic E-state index is 0.0909. The second kappa shape index (κ2) is 8.03. The summed E-state index contributed by atoms with van der Waals surface area (Å²) in [5.74, 6) is -2.96. The van der Waals surface area contributed by atoms with Crippen molar-refractivity contribution in [3.05, 3.63) is 60.2 Å². The molecule has 2 N–H and O–H groups in total. The van der Waals surface area contributed by atoms with E-state index in [1.165, 1.54) is 6.07 Å². The molecule has 2 aromatic heterocycles. The van der Waals surface area contributed by atoms with Crippen LogP contribution in [-0.2, 0) is 0 Å². The van der Waals surface area contributed by atoms with Crippen molar-refractivity contribution in [2.24, 2.45) is 0 Å². The van der Waals surface area contributed by atoms with Gasteiger partial charge in [0, 0.05) is 30.1 Å². The Bertz CT molecular complexity index is 934. The Kier molecular flexibility index (Phi) is 5.54. The average molecular weight is 373 g/mol. The Hall–Kier alpha value is -3.16. The molecule has 0 aliphatic heterocycles. The summed E-state index contributed by atoms with van der Waals surface area (Å²) < 4.78 is 41.4. The average Bonchev–Trinajstić information content (AvgIpc) is 2.68. The molecule has 0 aliphatic carbocycles. The normalized spacial score (nSPS) is 11.9. The van der Waals surface area contributed by atoms with Gasteiger partial charge in [0.05, 0.1) is 5.69 Å². The molecule has 27 heavy (non-hydrogen) atoms. The molecule has 0 aliphatic rings. The summed E-state index contributed by atoms with van der Waals surface area (Å²) in [6, 6.07) is 6.71. The summed E-state index contributed by atoms with van der Waals surface area (Å²) in [5.41, 5.74) is 0.671. The Morgan fingerprint density at radius 1 is 1.00 bits per heavy atom. The Balaban J connectivity index is 2.04. The Morgan fingerprint density at radius 2 is 1.70 bits per heavy atom. The Labute approximate surface area is 154 Å². The number of nitrogens with zero attached hydrogens (tertiary/aromatic N) is 3. The first-order valence-corrected chi connectivity index (χ1v) is 8.44. The van der Waals surface area contributed by atoms with Crippen LogP contribution in [0.25, 0.3) is 11.3 Å². The molecule has 0 radical (unpaired) electrons. The van der Waals surface area contributed by atoms with Crippen LogP contribution in [0.1, 0.15) is 20.3 Å². The maximum Gasteiger partial charge on any atom is 0.225 e. The van der Waals surface area contributed by atoms with E-state index < -0.39 is 23.1 Å². The minimum atomic E-state index is -1.31. The zero-order valence-electron chi connectivity index (χ0n) is 14.8. The van der Waals surface area contributed by atoms with Gasteiger partial charge in [-0.05, 0) is 37.6 Å². The lowest BCUT2D eigenvalue weighted by atomic mass is 10.2. The molecule has 0 unspecified atom stereocenters. The number of rotatable bonds is 6. The van der Waals surface area contributed by atoms with Gasteiger partial charge in [-0.25, -0.2) is 18.2 Å². The molecule has 0 saturated carbocycles. The molecule has 0 bridgehead atoms. The number of hydrogen-bond acceptors (Lipinski definition) is 5. The molecule has 8 heteroatoms. The molecular weight excluding hydrogens is 355 g/mol. The highest BCUT2D eigenvalue weighted by Gasteiger charge is 2.16. The summed E-state index contributed by atoms with van der Waals surface area (Å²) >= 11 is 0. The Morgan fingerprint density at radius 3 is 2.41 bits per heavy atom. The van der Waals surface area contributed by atoms with E-state index in [1.54, 1.807) is 24.5 Å². The standard InChI is InChI=1S/C19H18F3N5/c1-3-11(2)24-19-25-15(12-6-8-23-9-7-12)10-16(27-19)26-18-14(21)5-4-13(20)17(18)22/h4-11H,3H2,1-2H3,(H2,24,25,26,27)/t11-/m1/s1. The van der Waals surface area contributed by atoms with Crippen LogP contribution >= 0.6 is 0 Å². The van der Waals surface area contributed by atoms with Crippen molar-refractivity contribution in [2.75, 3.05) is 10.6 Å². The summed E-state index contributed by atoms with van der Waals surface area (Å²) in [6.45, 7) is 3.96. The van der Waals surface area contributed by atoms with E-state index in [0.29, 0.717) is 11.6 Å². The molecule has 3 rings (SSSR count). The lowest BCUT2D eigenvalue weighted by Crippen LogP contribution is -2.16. The number of halogens is 3. The highest BCUT2D eigenvalue weighted by Crippen LogP contribution is 2.27. The van der Waals surface area contributed by atoms with Gasteiger partial charge in [-0.2, -0.15) is 4.98 Å². The number of anilines is 3. The third-order valence-corrected chi connectivity index (χ3v) is 3.99. The van der Waals surface area contributed by atoms with Crippen LogP contribution < -0.4 is 10.6 Å². The minimum Gasteiger partial charge on any atom is -0.352 e. The lowest BCUT2D eigenvalue weighted by molar-refractivity contribution is 0.499. The molecule has 140 valence electrons. The molecule has 0 saturated heterocycles. The highest BCUT2D eigenvalue weighted by molar-refractivity contribution is 5.67. The maximum atomic E-state index is 14.0. The van der Waals surface area contributed by atoms with Crippen molar-refractivity contribution in [3.63, 3.8) is 0 Å². The fourth-order valence-corrected chi connectivity index (χ4v) is 2.34. The smallest absolute Gasteiger partial charge is 0.225 e. The summed E-state index contributed by atoms with van der Waals surface area (Å²) in [4.78, 5) is 12.7. The van der Waals surface area contributed by atoms with Crippen molar-refractivity contribution >= 4 is 17.5 Å². The molecule has 0 fully saturated rings. The topological polar surface area (TPSA) is 62.7 Å². The number of nitrogens with one attached hydrogen (secondary N) is 2. The first-order chi connectivity index (χ1) is 13.0. The fraction of sp³-hybridized carbons (Fsp3) is 0.211. The number of pyridine rings is 1. The first kappa shape index (κ1) is 18.6. The van der Waals surface area contributed by atoms with E-state index >= 15 is 0 Å². The van der Waals surface area contributed by atoms with Crippen molar-refractivity contribution < 1.29 is 13.2 Å². The summed E-state index contributed by atoms with van der Waals surface area (Å²) in [7, 11) is 0. The van der Waals surface area contributed by atoms with Crippen LogP contribution in [0.5, 0.6) is 0 Å². The second-order valence-electron chi connectivity index (χ2n) is 5.99. The molecule has 5 nitrogen and oxygen atoms in total. The zero-order chi connectivity index (χ0) is 19.4. The first-order valence-electron chi connectivity index (χ1n) is 8.44. The van der Waals surface area contributed by atoms with Gasteiger partial charge in [0.1, 0.15) is 17.3 Å². The van der Waals surface area contributed by atoms with Gasteiger partial charge in [-0.3, -0.25) is 4.98 Å². The lowest BCUT2D eigenvalue weighted by Gasteiger charge is -2.15. The van der Waals surface area contributed by atoms with E-state index in [0.717, 1.165) is 24.1 Å². The van der Waals surface area contributed by atoms with Crippen molar-refractivity contribution in [1.29, 1.82) is 0 Å². The zero-order valence-corrected chi connectivity index (χ0v) is 14.8. The van der Waals surface area contributed by atoms with E-state index in [9.17, 15) is 13.2 Å². The van der Waals surface area contributed by atoms with Gasteiger partial charge in [-0.15, -0.1) is 0 Å². The third kappa shape index (κ3) is 4.33. The van der Waals surface area contributed by atoms with Gasteiger partial charge < -0.3 is 10.6 Å². The third-order valence-electron chi connectivity index (χ3n) is 3.99. The van der Waals surface area contributed by atoms with Gasteiger partial charge in [-0.1, -0.05) is 6.92 Å². The molecule has 2 heterocycles. The van der Waals surface area contributed by atoms with Gasteiger partial charge in [0.2, 0.25) is 5.95 Å². The highest BCUT2D eigenvalue weighted by atomic mass is 19.2. The summed E-state index contributed by atoms with van der Waals surface area (Å²) in [6.07, 6.45) is 4.05. The molecule has 0 amide bonds. The van der Waals surface area contributed by atoms with E-state index in [4.69, 9.17) is 0 Å². The fourth-order valence-electron chi connectivity index (χ4n) is 2.34. The predicted octanol–water partition coefficient (Wildman–Crippen LogP) is 4.91. The molecule has 1 atom stereocenters. The SMILES string of the molecule is CC[C@@H](C)Nc1nc(Nc2c(F)ccc(F)c2F)cc(-c2ccncc2)n1. The number of aromatic nitrogens is 3. The van der Waals surface area contributed by atoms with Crippen LogP contribution in [0.15, 0.2) is 42.7 Å². The molecular formula is C19H18F3N5. The van der Waals surface area contributed by atoms with Crippen LogP contribution in [0, 0.1) is 17.5 Å². The van der Waals surface area contributed by atoms with E-state index in [-0.39, 0.29) is 11.9 Å². The van der Waals surface area contributed by atoms with Crippen LogP contribution in [-0.4, -0.2) is 21.0 Å². The number of benzene rings is 1. The monoisotopic (exact) mass is 373 g/mol. The van der Waals surface area contributed by atoms with E-state index in [1.807, 2.05) is 13.8 Å². The second-order valence-corrected chi connectivity index (χ2v) is 5.99. The van der Waals surface area contributed by atoms with Crippen molar-refractivity contribution in [2.45, 2.75) is 26.3 Å². The van der Waals surface area contributed by atoms with Crippen LogP contribution in [0.4, 0.5) is 30.6 Å². The quantitative estimate of drug-likeness (QED) is 0.601. The largest absolute Gasteiger partial charge is 0.352 e. The van der Waals surface area contributed by atoms with Crippen LogP contribution in [0.3, 0.4) is 0 Å². The van der Waals surface area contributed by atoms with E-state index in [2.05, 4.69) is 25.6 Å². The van der Waals surface area contributed by atoms with Crippen molar-refractivity contribution in [3.8, 4) is 11.3 Å². The predicted molar refractivity (Wildman–Crippen MR) is 98.2 cm³/mol. The maximum absolute atomic E-state index is 14.0. The van der Waals surface area contributed by atoms with Gasteiger partial charge in [0.25, 0.3) is 0 Å². The van der Waals surface area contributed by atoms with Crippen molar-refractivity contribution in [1.82, 2.24) is 15.0 Å². The summed E-state index contributed by atoms with van der Waals surface area (Å²) in [5, 5.41) is 5.66. The van der Waals surface area contributed by atoms with Crippen LogP contribution in [0.2, 0.25) is 0 Å². The molecule has 0 spiro atoms. The van der Waals surface area contributed by atoms with Gasteiger partial charge in [0.15, 0.2) is 11.6 Å². The number of hydrogen-bond donors (Lipinski definition) is 2.